The van der Waals surface area contributed by atoms with E-state index in [1.54, 1.807) is 0 Å². The van der Waals surface area contributed by atoms with Gasteiger partial charge in [0.2, 0.25) is 16.5 Å². The fraction of sp³-hybridized carbons (Fsp3) is 0.0741. The van der Waals surface area contributed by atoms with Gasteiger partial charge in [-0.3, -0.25) is 18.2 Å². The number of phenolic OH excluding ortho intramolecular Hbond substituents is 1. The van der Waals surface area contributed by atoms with Gasteiger partial charge >= 0.3 is 10.4 Å². The number of aromatic hydroxyl groups is 1. The van der Waals surface area contributed by atoms with Crippen LogP contribution >= 0.6 is 23.2 Å². The second kappa shape index (κ2) is 16.5. The van der Waals surface area contributed by atoms with Gasteiger partial charge in [-0.2, -0.15) is 53.7 Å². The number of rotatable bonds is 14. The first kappa shape index (κ1) is 45.0. The van der Waals surface area contributed by atoms with Gasteiger partial charge in [-0.1, -0.05) is 0 Å². The Balaban J connectivity index is 1.63. The first-order valence-electron chi connectivity index (χ1n) is 14.9. The number of nitrogens with one attached hydrogen (secondary N) is 1. The maximum absolute atomic E-state index is 12.5. The van der Waals surface area contributed by atoms with Crippen LogP contribution in [0, 0.1) is 0 Å². The highest BCUT2D eigenvalue weighted by molar-refractivity contribution is 7.91. The van der Waals surface area contributed by atoms with Gasteiger partial charge in [0, 0.05) is 5.69 Å². The summed E-state index contributed by atoms with van der Waals surface area (Å²) in [7, 11) is -24.9. The average Bonchev–Trinajstić information content (AvgIpc) is 3.08. The number of nitrogen functional groups attached to an aromatic ring is 1. The van der Waals surface area contributed by atoms with Crippen LogP contribution in [0.2, 0.25) is 10.6 Å². The Hall–Kier alpha value is -5.12. The lowest BCUT2D eigenvalue weighted by atomic mass is 10.1. The first-order valence-corrected chi connectivity index (χ1v) is 23.0. The van der Waals surface area contributed by atoms with Crippen LogP contribution in [0.1, 0.15) is 0 Å². The smallest absolute Gasteiger partial charge is 0.397 e. The minimum atomic E-state index is -5.41. The van der Waals surface area contributed by atoms with E-state index < -0.39 is 117 Å². The number of nitrogens with two attached hydrogens (primary N) is 1. The molecule has 0 bridgehead atoms. The van der Waals surface area contributed by atoms with Crippen LogP contribution in [0.15, 0.2) is 94.6 Å². The van der Waals surface area contributed by atoms with Crippen molar-refractivity contribution in [3.8, 4) is 5.75 Å². The molecule has 0 aliphatic carbocycles. The fourth-order valence-corrected chi connectivity index (χ4v) is 8.59. The number of sulfone groups is 1. The number of benzene rings is 4. The third kappa shape index (κ3) is 10.9. The molecule has 0 unspecified atom stereocenters. The minimum absolute atomic E-state index is 0.0547. The van der Waals surface area contributed by atoms with Crippen LogP contribution in [0.4, 0.5) is 40.1 Å². The van der Waals surface area contributed by atoms with Crippen LogP contribution in [0.3, 0.4) is 0 Å². The van der Waals surface area contributed by atoms with Crippen molar-refractivity contribution in [2.45, 2.75) is 19.6 Å². The number of hydrogen-bond donors (Lipinski definition) is 7. The number of phenols is 1. The van der Waals surface area contributed by atoms with E-state index in [1.807, 2.05) is 0 Å². The minimum Gasteiger partial charge on any atom is -0.505 e. The van der Waals surface area contributed by atoms with E-state index in [9.17, 15) is 60.9 Å². The lowest BCUT2D eigenvalue weighted by Crippen LogP contribution is -2.15. The third-order valence-electron chi connectivity index (χ3n) is 7.25. The van der Waals surface area contributed by atoms with E-state index >= 15 is 0 Å². The standard InChI is InChI=1S/C27H21Cl2N9O16S5/c28-25-32-26(29)34-27(33-25)31-14-3-6-17(56(42,43)44)16(11-14)36-38-23-19(58(48,49)50)10-12-9-18(57(45,46)47)22(21(30)20(12)24(23)39)37-35-13-1-4-15(5-2-13)55(40,41)8-7-54-59(51,52)53/h1-6,9-11,39H,7-8,30H2,(H,42,43,44)(H,45,46,47)(H,48,49,50)(H,51,52,53)(H,31,32,33,34)/b37-35+,38-36+. The van der Waals surface area contributed by atoms with Gasteiger partial charge in [-0.25, -0.2) is 12.6 Å². The van der Waals surface area contributed by atoms with Crippen molar-refractivity contribution in [2.75, 3.05) is 23.4 Å². The molecule has 25 nitrogen and oxygen atoms in total. The summed E-state index contributed by atoms with van der Waals surface area (Å²) in [6.07, 6.45) is 0. The normalized spacial score (nSPS) is 13.1. The molecule has 0 aliphatic rings. The topological polar surface area (TPSA) is 407 Å². The second-order valence-corrected chi connectivity index (χ2v) is 19.2. The van der Waals surface area contributed by atoms with E-state index in [0.29, 0.717) is 12.1 Å². The molecule has 1 aromatic heterocycles. The van der Waals surface area contributed by atoms with Crippen molar-refractivity contribution < 1.29 is 69.6 Å². The number of anilines is 3. The molecule has 1 heterocycles. The first-order chi connectivity index (χ1) is 27.1. The Labute approximate surface area is 341 Å². The van der Waals surface area contributed by atoms with E-state index in [-0.39, 0.29) is 32.8 Å². The summed E-state index contributed by atoms with van der Waals surface area (Å²) in [6, 6.07) is 8.07. The molecule has 0 fully saturated rings. The predicted octanol–water partition coefficient (Wildman–Crippen LogP) is 4.53. The molecule has 0 saturated heterocycles. The predicted molar refractivity (Wildman–Crippen MR) is 203 cm³/mol. The van der Waals surface area contributed by atoms with E-state index in [1.165, 1.54) is 0 Å². The zero-order chi connectivity index (χ0) is 43.9. The second-order valence-electron chi connectivity index (χ2n) is 11.2. The maximum Gasteiger partial charge on any atom is 0.397 e. The van der Waals surface area contributed by atoms with E-state index in [0.717, 1.165) is 42.5 Å². The van der Waals surface area contributed by atoms with Crippen LogP contribution in [-0.2, 0) is 54.8 Å². The molecule has 59 heavy (non-hydrogen) atoms. The third-order valence-corrected chi connectivity index (χ3v) is 12.4. The van der Waals surface area contributed by atoms with E-state index in [4.69, 9.17) is 33.5 Å². The van der Waals surface area contributed by atoms with E-state index in [2.05, 4.69) is 44.9 Å². The molecule has 5 rings (SSSR count). The summed E-state index contributed by atoms with van der Waals surface area (Å²) in [5.74, 6) is -2.36. The number of hydrogen-bond acceptors (Lipinski definition) is 21. The van der Waals surface area contributed by atoms with Crippen molar-refractivity contribution >= 4 is 125 Å². The molecule has 0 amide bonds. The largest absolute Gasteiger partial charge is 0.505 e. The molecule has 314 valence electrons. The molecule has 0 spiro atoms. The molecule has 8 N–H and O–H groups in total. The van der Waals surface area contributed by atoms with Crippen molar-refractivity contribution in [1.29, 1.82) is 0 Å². The number of azo groups is 2. The Bertz CT molecular complexity index is 3150. The molecular formula is C27H21Cl2N9O16S5. The summed E-state index contributed by atoms with van der Waals surface area (Å²) in [5, 5.41) is 26.8. The lowest BCUT2D eigenvalue weighted by Gasteiger charge is -2.14. The monoisotopic (exact) mass is 957 g/mol. The van der Waals surface area contributed by atoms with Gasteiger partial charge in [0.05, 0.1) is 34.0 Å². The quantitative estimate of drug-likeness (QED) is 0.0456. The average molecular weight is 959 g/mol. The summed E-state index contributed by atoms with van der Waals surface area (Å²) in [6.45, 7) is -0.921. The Kier molecular flexibility index (Phi) is 12.6. The molecule has 4 aromatic carbocycles. The Morgan fingerprint density at radius 3 is 1.76 bits per heavy atom. The lowest BCUT2D eigenvalue weighted by molar-refractivity contribution is 0.284. The molecule has 0 aliphatic heterocycles. The number of halogens is 2. The van der Waals surface area contributed by atoms with Crippen LogP contribution in [0.5, 0.6) is 5.75 Å². The zero-order valence-corrected chi connectivity index (χ0v) is 33.9. The summed E-state index contributed by atoms with van der Waals surface area (Å²) in [5.41, 5.74) is 2.43. The van der Waals surface area contributed by atoms with Crippen molar-refractivity contribution in [3.63, 3.8) is 0 Å². The summed E-state index contributed by atoms with van der Waals surface area (Å²) in [4.78, 5) is 7.46. The van der Waals surface area contributed by atoms with Crippen molar-refractivity contribution in [3.05, 3.63) is 65.2 Å². The highest BCUT2D eigenvalue weighted by Gasteiger charge is 2.28. The Morgan fingerprint density at radius 2 is 1.22 bits per heavy atom. The van der Waals surface area contributed by atoms with Crippen LogP contribution in [-0.4, -0.2) is 92.7 Å². The van der Waals surface area contributed by atoms with Crippen molar-refractivity contribution in [1.82, 2.24) is 15.0 Å². The number of aromatic nitrogens is 3. The number of nitrogens with zero attached hydrogens (tertiary/aromatic N) is 7. The van der Waals surface area contributed by atoms with Crippen molar-refractivity contribution in [2.24, 2.45) is 20.5 Å². The fourth-order valence-electron chi connectivity index (χ4n) is 4.81. The molecule has 0 atom stereocenters. The summed E-state index contributed by atoms with van der Waals surface area (Å²) >= 11 is 11.5. The van der Waals surface area contributed by atoms with Gasteiger partial charge in [0.15, 0.2) is 15.6 Å². The SMILES string of the molecule is Nc1c(/N=N/c2ccc(S(=O)(=O)CCOS(=O)(=O)O)cc2)c(S(=O)(=O)O)cc2cc(S(=O)(=O)O)c(/N=N/c3cc(Nc4nc(Cl)nc(Cl)n4)ccc3S(=O)(=O)O)c(O)c12. The Morgan fingerprint density at radius 1 is 0.678 bits per heavy atom. The zero-order valence-electron chi connectivity index (χ0n) is 28.3. The van der Waals surface area contributed by atoms with Gasteiger partial charge in [0.25, 0.3) is 30.4 Å². The molecule has 0 saturated carbocycles. The van der Waals surface area contributed by atoms with Crippen LogP contribution in [0.25, 0.3) is 10.8 Å². The molecule has 0 radical (unpaired) electrons. The van der Waals surface area contributed by atoms with Crippen LogP contribution < -0.4 is 11.1 Å². The highest BCUT2D eigenvalue weighted by atomic mass is 35.5. The van der Waals surface area contributed by atoms with Gasteiger partial charge in [-0.15, -0.1) is 15.3 Å². The maximum atomic E-state index is 12.5. The number of fused-ring (bicyclic) bond motifs is 1. The summed E-state index contributed by atoms with van der Waals surface area (Å²) < 4.78 is 163. The molecule has 5 aromatic rings. The van der Waals surface area contributed by atoms with Gasteiger partial charge in [0.1, 0.15) is 31.7 Å². The highest BCUT2D eigenvalue weighted by Crippen LogP contribution is 2.48. The molecule has 32 heteroatoms. The van der Waals surface area contributed by atoms with Gasteiger partial charge in [-0.05, 0) is 83.2 Å². The molecular weight excluding hydrogens is 938 g/mol. The van der Waals surface area contributed by atoms with Gasteiger partial charge < -0.3 is 16.2 Å².